The fourth-order valence-electron chi connectivity index (χ4n) is 2.89. The highest BCUT2D eigenvalue weighted by atomic mass is 32.2. The number of carbonyl (C=O) groups excluding carboxylic acids is 2. The number of hydrogen-bond acceptors (Lipinski definition) is 5. The van der Waals surface area contributed by atoms with Gasteiger partial charge in [0.2, 0.25) is 0 Å². The van der Waals surface area contributed by atoms with E-state index < -0.39 is 0 Å². The van der Waals surface area contributed by atoms with Crippen LogP contribution >= 0.6 is 11.8 Å². The summed E-state index contributed by atoms with van der Waals surface area (Å²) >= 11 is 1.48. The summed E-state index contributed by atoms with van der Waals surface area (Å²) in [5.74, 6) is -0.329. The number of benzene rings is 1. The Bertz CT molecular complexity index is 743. The molecule has 0 N–H and O–H groups in total. The fourth-order valence-corrected chi connectivity index (χ4v) is 3.79. The molecule has 0 radical (unpaired) electrons. The van der Waals surface area contributed by atoms with E-state index in [2.05, 4.69) is 4.98 Å². The molecule has 2 heterocycles. The molecular formula is C19H20N2O3S. The van der Waals surface area contributed by atoms with E-state index in [0.717, 1.165) is 4.90 Å². The maximum atomic E-state index is 12.9. The molecule has 130 valence electrons. The van der Waals surface area contributed by atoms with Crippen LogP contribution in [0.2, 0.25) is 0 Å². The summed E-state index contributed by atoms with van der Waals surface area (Å²) in [5.41, 5.74) is 0.605. The van der Waals surface area contributed by atoms with Gasteiger partial charge in [-0.15, -0.1) is 0 Å². The SMILES string of the molecule is COC(=O)C1CCN(C(=O)c2cccnc2Sc2ccccc2)CC1. The van der Waals surface area contributed by atoms with Crippen LogP contribution in [-0.4, -0.2) is 42.0 Å². The van der Waals surface area contributed by atoms with Crippen LogP contribution in [0.25, 0.3) is 0 Å². The Balaban J connectivity index is 1.72. The largest absolute Gasteiger partial charge is 0.469 e. The third-order valence-corrected chi connectivity index (χ3v) is 5.30. The molecule has 0 unspecified atom stereocenters. The molecule has 2 aromatic rings. The molecule has 0 saturated carbocycles. The predicted octanol–water partition coefficient (Wildman–Crippen LogP) is 3.26. The van der Waals surface area contributed by atoms with Gasteiger partial charge in [0.15, 0.2) is 0 Å². The highest BCUT2D eigenvalue weighted by Gasteiger charge is 2.29. The minimum Gasteiger partial charge on any atom is -0.469 e. The molecule has 0 bridgehead atoms. The lowest BCUT2D eigenvalue weighted by Gasteiger charge is -2.31. The monoisotopic (exact) mass is 356 g/mol. The zero-order chi connectivity index (χ0) is 17.6. The first kappa shape index (κ1) is 17.5. The van der Waals surface area contributed by atoms with Crippen LogP contribution in [0.3, 0.4) is 0 Å². The standard InChI is InChI=1S/C19H20N2O3S/c1-24-19(23)14-9-12-21(13-10-14)18(22)16-8-5-11-20-17(16)25-15-6-3-2-4-7-15/h2-8,11,14H,9-10,12-13H2,1H3. The molecule has 1 aromatic carbocycles. The molecule has 1 saturated heterocycles. The van der Waals surface area contributed by atoms with E-state index in [0.29, 0.717) is 36.5 Å². The molecule has 1 aromatic heterocycles. The molecule has 1 amide bonds. The Hall–Kier alpha value is -2.34. The number of amides is 1. The van der Waals surface area contributed by atoms with Crippen molar-refractivity contribution in [2.24, 2.45) is 5.92 Å². The molecule has 1 aliphatic heterocycles. The predicted molar refractivity (Wildman–Crippen MR) is 95.4 cm³/mol. The number of piperidine rings is 1. The van der Waals surface area contributed by atoms with Gasteiger partial charge in [0.25, 0.3) is 5.91 Å². The van der Waals surface area contributed by atoms with Gasteiger partial charge in [0, 0.05) is 24.2 Å². The number of carbonyl (C=O) groups is 2. The summed E-state index contributed by atoms with van der Waals surface area (Å²) in [6, 6.07) is 13.5. The van der Waals surface area contributed by atoms with Crippen molar-refractivity contribution in [2.75, 3.05) is 20.2 Å². The number of rotatable bonds is 4. The van der Waals surface area contributed by atoms with Gasteiger partial charge in [-0.1, -0.05) is 30.0 Å². The van der Waals surface area contributed by atoms with Crippen LogP contribution in [0.4, 0.5) is 0 Å². The molecule has 0 spiro atoms. The van der Waals surface area contributed by atoms with Gasteiger partial charge in [-0.05, 0) is 37.1 Å². The van der Waals surface area contributed by atoms with E-state index in [1.165, 1.54) is 18.9 Å². The Morgan fingerprint density at radius 3 is 2.52 bits per heavy atom. The van der Waals surface area contributed by atoms with Gasteiger partial charge in [0.1, 0.15) is 5.03 Å². The van der Waals surface area contributed by atoms with Crippen LogP contribution in [0.5, 0.6) is 0 Å². The maximum absolute atomic E-state index is 12.9. The molecular weight excluding hydrogens is 336 g/mol. The van der Waals surface area contributed by atoms with Gasteiger partial charge in [0.05, 0.1) is 18.6 Å². The van der Waals surface area contributed by atoms with Crippen molar-refractivity contribution in [3.05, 3.63) is 54.2 Å². The third kappa shape index (κ3) is 4.20. The number of hydrogen-bond donors (Lipinski definition) is 0. The molecule has 0 aliphatic carbocycles. The van der Waals surface area contributed by atoms with Crippen molar-refractivity contribution in [1.29, 1.82) is 0 Å². The Morgan fingerprint density at radius 2 is 1.84 bits per heavy atom. The molecule has 5 nitrogen and oxygen atoms in total. The van der Waals surface area contributed by atoms with Crippen molar-refractivity contribution in [1.82, 2.24) is 9.88 Å². The van der Waals surface area contributed by atoms with Crippen LogP contribution < -0.4 is 0 Å². The van der Waals surface area contributed by atoms with Crippen molar-refractivity contribution < 1.29 is 14.3 Å². The first-order valence-corrected chi connectivity index (χ1v) is 9.05. The van der Waals surface area contributed by atoms with Gasteiger partial charge < -0.3 is 9.64 Å². The Morgan fingerprint density at radius 1 is 1.12 bits per heavy atom. The normalized spacial score (nSPS) is 15.0. The van der Waals surface area contributed by atoms with Crippen molar-refractivity contribution in [3.8, 4) is 0 Å². The molecule has 1 aliphatic rings. The summed E-state index contributed by atoms with van der Waals surface area (Å²) in [5, 5.41) is 0.703. The molecule has 25 heavy (non-hydrogen) atoms. The van der Waals surface area contributed by atoms with Crippen LogP contribution in [0.15, 0.2) is 58.6 Å². The van der Waals surface area contributed by atoms with Gasteiger partial charge >= 0.3 is 5.97 Å². The lowest BCUT2D eigenvalue weighted by molar-refractivity contribution is -0.146. The minimum absolute atomic E-state index is 0.0325. The summed E-state index contributed by atoms with van der Waals surface area (Å²) in [6.07, 6.45) is 2.98. The summed E-state index contributed by atoms with van der Waals surface area (Å²) < 4.78 is 4.80. The highest BCUT2D eigenvalue weighted by Crippen LogP contribution is 2.30. The van der Waals surface area contributed by atoms with Crippen LogP contribution in [0.1, 0.15) is 23.2 Å². The number of aromatic nitrogens is 1. The second-order valence-corrected chi connectivity index (χ2v) is 6.92. The van der Waals surface area contributed by atoms with E-state index in [-0.39, 0.29) is 17.8 Å². The lowest BCUT2D eigenvalue weighted by Crippen LogP contribution is -2.40. The average Bonchev–Trinajstić information content (AvgIpc) is 2.68. The lowest BCUT2D eigenvalue weighted by atomic mass is 9.96. The van der Waals surface area contributed by atoms with E-state index in [1.54, 1.807) is 17.2 Å². The van der Waals surface area contributed by atoms with Gasteiger partial charge in [-0.2, -0.15) is 0 Å². The number of ether oxygens (including phenoxy) is 1. The van der Waals surface area contributed by atoms with Crippen LogP contribution in [-0.2, 0) is 9.53 Å². The zero-order valence-corrected chi connectivity index (χ0v) is 14.9. The quantitative estimate of drug-likeness (QED) is 0.787. The number of methoxy groups -OCH3 is 1. The first-order chi connectivity index (χ1) is 12.2. The van der Waals surface area contributed by atoms with E-state index >= 15 is 0 Å². The van der Waals surface area contributed by atoms with E-state index in [1.807, 2.05) is 36.4 Å². The van der Waals surface area contributed by atoms with Crippen molar-refractivity contribution >= 4 is 23.6 Å². The summed E-state index contributed by atoms with van der Waals surface area (Å²) in [7, 11) is 1.41. The smallest absolute Gasteiger partial charge is 0.308 e. The van der Waals surface area contributed by atoms with E-state index in [4.69, 9.17) is 4.74 Å². The Labute approximate surface area is 151 Å². The van der Waals surface area contributed by atoms with Crippen molar-refractivity contribution in [3.63, 3.8) is 0 Å². The third-order valence-electron chi connectivity index (χ3n) is 4.28. The van der Waals surface area contributed by atoms with E-state index in [9.17, 15) is 9.59 Å². The maximum Gasteiger partial charge on any atom is 0.308 e. The summed E-state index contributed by atoms with van der Waals surface area (Å²) in [4.78, 5) is 31.8. The molecule has 6 heteroatoms. The second-order valence-electron chi connectivity index (χ2n) is 5.86. The molecule has 3 rings (SSSR count). The minimum atomic E-state index is -0.186. The van der Waals surface area contributed by atoms with Crippen LogP contribution in [0, 0.1) is 5.92 Å². The second kappa shape index (κ2) is 8.16. The van der Waals surface area contributed by atoms with Crippen molar-refractivity contribution in [2.45, 2.75) is 22.8 Å². The number of esters is 1. The summed E-state index contributed by atoms with van der Waals surface area (Å²) in [6.45, 7) is 1.12. The number of nitrogens with zero attached hydrogens (tertiary/aromatic N) is 2. The molecule has 0 atom stereocenters. The topological polar surface area (TPSA) is 59.5 Å². The van der Waals surface area contributed by atoms with Gasteiger partial charge in [-0.25, -0.2) is 4.98 Å². The first-order valence-electron chi connectivity index (χ1n) is 8.24. The number of pyridine rings is 1. The van der Waals surface area contributed by atoms with Gasteiger partial charge in [-0.3, -0.25) is 9.59 Å². The fraction of sp³-hybridized carbons (Fsp3) is 0.316. The highest BCUT2D eigenvalue weighted by molar-refractivity contribution is 7.99. The Kier molecular flexibility index (Phi) is 5.71. The average molecular weight is 356 g/mol. The number of likely N-dealkylation sites (tertiary alicyclic amines) is 1. The molecule has 1 fully saturated rings. The zero-order valence-electron chi connectivity index (χ0n) is 14.1.